The minimum Gasteiger partial charge on any atom is -0.459 e. The molecule has 3 aromatic rings. The van der Waals surface area contributed by atoms with E-state index in [0.29, 0.717) is 0 Å². The van der Waals surface area contributed by atoms with Crippen LogP contribution in [0, 0.1) is 6.92 Å². The van der Waals surface area contributed by atoms with Gasteiger partial charge in [-0.15, -0.1) is 0 Å². The number of nitrogens with one attached hydrogen (secondary N) is 1. The molecule has 0 radical (unpaired) electrons. The van der Waals surface area contributed by atoms with Crippen molar-refractivity contribution < 1.29 is 4.42 Å². The molecule has 3 heteroatoms. The predicted molar refractivity (Wildman–Crippen MR) is 80.8 cm³/mol. The minimum atomic E-state index is 0.142. The lowest BCUT2D eigenvalue weighted by molar-refractivity contribution is 0.477. The lowest BCUT2D eigenvalue weighted by Gasteiger charge is -2.15. The summed E-state index contributed by atoms with van der Waals surface area (Å²) in [6.07, 6.45) is 0. The summed E-state index contributed by atoms with van der Waals surface area (Å²) in [5.74, 6) is 0.990. The van der Waals surface area contributed by atoms with Gasteiger partial charge >= 0.3 is 0 Å². The molecule has 1 aromatic carbocycles. The third-order valence-electron chi connectivity index (χ3n) is 3.34. The Morgan fingerprint density at radius 3 is 2.79 bits per heavy atom. The average Bonchev–Trinajstić information content (AvgIpc) is 3.02. The predicted octanol–water partition coefficient (Wildman–Crippen LogP) is 4.50. The average molecular weight is 271 g/mol. The van der Waals surface area contributed by atoms with Gasteiger partial charge in [0.2, 0.25) is 0 Å². The summed E-state index contributed by atoms with van der Waals surface area (Å²) in [6.45, 7) is 5.19. The molecular weight excluding hydrogens is 254 g/mol. The number of hydrogen-bond acceptors (Lipinski definition) is 3. The first kappa shape index (κ1) is 12.5. The zero-order chi connectivity index (χ0) is 13.2. The fraction of sp³-hybridized carbons (Fsp3) is 0.250. The number of para-hydroxylation sites is 1. The van der Waals surface area contributed by atoms with Crippen molar-refractivity contribution in [2.45, 2.75) is 19.9 Å². The number of thiophene rings is 1. The highest BCUT2D eigenvalue weighted by atomic mass is 32.1. The zero-order valence-electron chi connectivity index (χ0n) is 11.1. The third kappa shape index (κ3) is 2.31. The molecule has 0 aliphatic rings. The molecule has 0 saturated heterocycles. The molecule has 2 aromatic heterocycles. The van der Waals surface area contributed by atoms with Crippen molar-refractivity contribution in [3.63, 3.8) is 0 Å². The second-order valence-corrected chi connectivity index (χ2v) is 5.43. The van der Waals surface area contributed by atoms with Crippen LogP contribution in [0.3, 0.4) is 0 Å². The molecule has 1 unspecified atom stereocenters. The first-order valence-electron chi connectivity index (χ1n) is 6.54. The van der Waals surface area contributed by atoms with Crippen molar-refractivity contribution in [3.8, 4) is 0 Å². The van der Waals surface area contributed by atoms with Crippen molar-refractivity contribution in [1.29, 1.82) is 0 Å². The summed E-state index contributed by atoms with van der Waals surface area (Å²) in [5.41, 5.74) is 3.58. The summed E-state index contributed by atoms with van der Waals surface area (Å²) in [6, 6.07) is 10.4. The summed E-state index contributed by atoms with van der Waals surface area (Å²) < 4.78 is 6.00. The van der Waals surface area contributed by atoms with E-state index < -0.39 is 0 Å². The van der Waals surface area contributed by atoms with Crippen molar-refractivity contribution in [1.82, 2.24) is 5.32 Å². The van der Waals surface area contributed by atoms with E-state index in [4.69, 9.17) is 4.42 Å². The molecule has 98 valence electrons. The summed E-state index contributed by atoms with van der Waals surface area (Å²) in [4.78, 5) is 0. The molecule has 0 bridgehead atoms. The molecule has 1 N–H and O–H groups in total. The zero-order valence-corrected chi connectivity index (χ0v) is 12.0. The Bertz CT molecular complexity index is 650. The van der Waals surface area contributed by atoms with E-state index in [-0.39, 0.29) is 6.04 Å². The monoisotopic (exact) mass is 271 g/mol. The van der Waals surface area contributed by atoms with E-state index >= 15 is 0 Å². The quantitative estimate of drug-likeness (QED) is 0.755. The number of furan rings is 1. The van der Waals surface area contributed by atoms with Crippen molar-refractivity contribution >= 4 is 22.3 Å². The van der Waals surface area contributed by atoms with Crippen LogP contribution in [0.15, 0.2) is 45.5 Å². The number of benzene rings is 1. The van der Waals surface area contributed by atoms with Crippen LogP contribution in [0.1, 0.15) is 29.9 Å². The van der Waals surface area contributed by atoms with Gasteiger partial charge in [0.05, 0.1) is 6.04 Å². The van der Waals surface area contributed by atoms with E-state index in [1.807, 2.05) is 18.2 Å². The highest BCUT2D eigenvalue weighted by molar-refractivity contribution is 7.08. The van der Waals surface area contributed by atoms with E-state index in [1.54, 1.807) is 11.3 Å². The van der Waals surface area contributed by atoms with E-state index in [2.05, 4.69) is 42.1 Å². The number of aryl methyl sites for hydroxylation is 1. The van der Waals surface area contributed by atoms with Gasteiger partial charge in [0, 0.05) is 5.39 Å². The van der Waals surface area contributed by atoms with Gasteiger partial charge < -0.3 is 9.73 Å². The fourth-order valence-corrected chi connectivity index (χ4v) is 3.26. The minimum absolute atomic E-state index is 0.142. The smallest absolute Gasteiger partial charge is 0.134 e. The molecule has 0 aliphatic heterocycles. The van der Waals surface area contributed by atoms with Gasteiger partial charge in [-0.1, -0.05) is 25.1 Å². The molecule has 0 aliphatic carbocycles. The van der Waals surface area contributed by atoms with Crippen LogP contribution in [-0.4, -0.2) is 6.54 Å². The largest absolute Gasteiger partial charge is 0.459 e. The van der Waals surface area contributed by atoms with Crippen LogP contribution < -0.4 is 5.32 Å². The Balaban J connectivity index is 2.07. The van der Waals surface area contributed by atoms with Crippen LogP contribution >= 0.6 is 11.3 Å². The lowest BCUT2D eigenvalue weighted by atomic mass is 10.0. The van der Waals surface area contributed by atoms with Crippen LogP contribution in [0.5, 0.6) is 0 Å². The maximum Gasteiger partial charge on any atom is 0.134 e. The van der Waals surface area contributed by atoms with Crippen molar-refractivity contribution in [3.05, 3.63) is 58.0 Å². The van der Waals surface area contributed by atoms with Gasteiger partial charge in [-0.3, -0.25) is 0 Å². The summed E-state index contributed by atoms with van der Waals surface area (Å²) >= 11 is 1.74. The molecular formula is C16H17NOS. The van der Waals surface area contributed by atoms with Gasteiger partial charge in [0.1, 0.15) is 11.3 Å². The first-order valence-corrected chi connectivity index (χ1v) is 7.48. The highest BCUT2D eigenvalue weighted by Crippen LogP contribution is 2.31. The van der Waals surface area contributed by atoms with E-state index in [1.165, 1.54) is 11.1 Å². The second kappa shape index (κ2) is 5.19. The molecule has 0 fully saturated rings. The van der Waals surface area contributed by atoms with Crippen LogP contribution in [0.4, 0.5) is 0 Å². The maximum atomic E-state index is 6.00. The SMILES string of the molecule is CCNC(c1cc2ccccc2o1)c1cscc1C. The molecule has 0 amide bonds. The molecule has 1 atom stereocenters. The molecule has 3 rings (SSSR count). The Hall–Kier alpha value is -1.58. The number of rotatable bonds is 4. The third-order valence-corrected chi connectivity index (χ3v) is 4.22. The topological polar surface area (TPSA) is 25.2 Å². The first-order chi connectivity index (χ1) is 9.29. The van der Waals surface area contributed by atoms with Crippen molar-refractivity contribution in [2.75, 3.05) is 6.54 Å². The fourth-order valence-electron chi connectivity index (χ4n) is 2.38. The normalized spacial score (nSPS) is 12.9. The Morgan fingerprint density at radius 1 is 1.26 bits per heavy atom. The standard InChI is InChI=1S/C16H17NOS/c1-3-17-16(13-10-19-9-11(13)2)15-8-12-6-4-5-7-14(12)18-15/h4-10,16-17H,3H2,1-2H3. The molecule has 0 spiro atoms. The van der Waals surface area contributed by atoms with Crippen LogP contribution in [0.2, 0.25) is 0 Å². The number of hydrogen-bond donors (Lipinski definition) is 1. The molecule has 2 heterocycles. The Kier molecular flexibility index (Phi) is 3.40. The van der Waals surface area contributed by atoms with Crippen LogP contribution in [0.25, 0.3) is 11.0 Å². The highest BCUT2D eigenvalue weighted by Gasteiger charge is 2.19. The van der Waals surface area contributed by atoms with Gasteiger partial charge in [0.25, 0.3) is 0 Å². The van der Waals surface area contributed by atoms with Gasteiger partial charge in [-0.2, -0.15) is 11.3 Å². The van der Waals surface area contributed by atoms with Crippen LogP contribution in [-0.2, 0) is 0 Å². The molecule has 0 saturated carbocycles. The van der Waals surface area contributed by atoms with Gasteiger partial charge in [-0.05, 0) is 47.5 Å². The van der Waals surface area contributed by atoms with Crippen molar-refractivity contribution in [2.24, 2.45) is 0 Å². The Morgan fingerprint density at radius 2 is 2.11 bits per heavy atom. The lowest BCUT2D eigenvalue weighted by Crippen LogP contribution is -2.21. The van der Waals surface area contributed by atoms with Gasteiger partial charge in [-0.25, -0.2) is 0 Å². The number of fused-ring (bicyclic) bond motifs is 1. The molecule has 19 heavy (non-hydrogen) atoms. The summed E-state index contributed by atoms with van der Waals surface area (Å²) in [7, 11) is 0. The maximum absolute atomic E-state index is 6.00. The van der Waals surface area contributed by atoms with Gasteiger partial charge in [0.15, 0.2) is 0 Å². The second-order valence-electron chi connectivity index (χ2n) is 4.69. The van der Waals surface area contributed by atoms with E-state index in [0.717, 1.165) is 23.3 Å². The Labute approximate surface area is 117 Å². The van der Waals surface area contributed by atoms with E-state index in [9.17, 15) is 0 Å². The molecule has 2 nitrogen and oxygen atoms in total. The summed E-state index contributed by atoms with van der Waals surface area (Å²) in [5, 5.41) is 9.06.